The van der Waals surface area contributed by atoms with Crippen molar-refractivity contribution in [2.24, 2.45) is 0 Å². The van der Waals surface area contributed by atoms with Crippen LogP contribution in [0.25, 0.3) is 10.2 Å². The maximum atomic E-state index is 4.79. The molecule has 116 valence electrons. The number of hydrogen-bond donors (Lipinski definition) is 1. The first kappa shape index (κ1) is 16.0. The van der Waals surface area contributed by atoms with E-state index in [2.05, 4.69) is 49.0 Å². The van der Waals surface area contributed by atoms with E-state index in [1.54, 1.807) is 11.3 Å². The first-order valence-electron chi connectivity index (χ1n) is 8.02. The number of thiophene rings is 1. The van der Waals surface area contributed by atoms with Gasteiger partial charge in [0.15, 0.2) is 0 Å². The minimum Gasteiger partial charge on any atom is -0.356 e. The van der Waals surface area contributed by atoms with E-state index in [-0.39, 0.29) is 0 Å². The molecule has 0 amide bonds. The Morgan fingerprint density at radius 2 is 1.95 bits per heavy atom. The van der Waals surface area contributed by atoms with Gasteiger partial charge in [-0.3, -0.25) is 0 Å². The fourth-order valence-corrected chi connectivity index (χ4v) is 3.33. The number of nitrogens with one attached hydrogen (secondary N) is 1. The van der Waals surface area contributed by atoms with E-state index in [1.807, 2.05) is 0 Å². The molecule has 0 saturated heterocycles. The molecule has 4 nitrogen and oxygen atoms in total. The Balaban J connectivity index is 2.49. The van der Waals surface area contributed by atoms with Gasteiger partial charge < -0.3 is 10.2 Å². The molecule has 0 radical (unpaired) electrons. The van der Waals surface area contributed by atoms with Gasteiger partial charge in [0.25, 0.3) is 0 Å². The van der Waals surface area contributed by atoms with E-state index in [0.717, 1.165) is 55.5 Å². The molecular formula is C16H26N4S. The van der Waals surface area contributed by atoms with Crippen LogP contribution in [-0.2, 0) is 6.42 Å². The smallest absolute Gasteiger partial charge is 0.226 e. The Labute approximate surface area is 131 Å². The monoisotopic (exact) mass is 306 g/mol. The van der Waals surface area contributed by atoms with Crippen molar-refractivity contribution in [1.82, 2.24) is 9.97 Å². The Bertz CT molecular complexity index is 579. The summed E-state index contributed by atoms with van der Waals surface area (Å²) in [5.74, 6) is 1.84. The Hall–Kier alpha value is -1.36. The summed E-state index contributed by atoms with van der Waals surface area (Å²) in [6.07, 6.45) is 3.26. The van der Waals surface area contributed by atoms with Crippen LogP contribution in [0.2, 0.25) is 0 Å². The molecule has 2 heterocycles. The van der Waals surface area contributed by atoms with E-state index >= 15 is 0 Å². The molecule has 0 bridgehead atoms. The van der Waals surface area contributed by atoms with E-state index in [0.29, 0.717) is 0 Å². The van der Waals surface area contributed by atoms with Crippen molar-refractivity contribution in [2.45, 2.75) is 47.0 Å². The molecule has 2 aromatic rings. The van der Waals surface area contributed by atoms with E-state index in [9.17, 15) is 0 Å². The highest BCUT2D eigenvalue weighted by Crippen LogP contribution is 2.32. The van der Waals surface area contributed by atoms with Gasteiger partial charge in [-0.2, -0.15) is 4.98 Å². The number of hydrogen-bond acceptors (Lipinski definition) is 5. The highest BCUT2D eigenvalue weighted by atomic mass is 32.1. The van der Waals surface area contributed by atoms with Gasteiger partial charge in [-0.25, -0.2) is 4.98 Å². The normalized spacial score (nSPS) is 11.0. The second kappa shape index (κ2) is 7.59. The summed E-state index contributed by atoms with van der Waals surface area (Å²) in [6.45, 7) is 11.7. The van der Waals surface area contributed by atoms with Crippen LogP contribution in [0, 0.1) is 0 Å². The fraction of sp³-hybridized carbons (Fsp3) is 0.625. The number of fused-ring (bicyclic) bond motifs is 1. The van der Waals surface area contributed by atoms with Crippen molar-refractivity contribution in [2.75, 3.05) is 29.9 Å². The summed E-state index contributed by atoms with van der Waals surface area (Å²) in [7, 11) is 0. The van der Waals surface area contributed by atoms with Gasteiger partial charge in [-0.1, -0.05) is 20.8 Å². The molecule has 0 unspecified atom stereocenters. The van der Waals surface area contributed by atoms with Crippen LogP contribution >= 0.6 is 11.3 Å². The second-order valence-corrected chi connectivity index (χ2v) is 6.28. The zero-order valence-corrected chi connectivity index (χ0v) is 14.4. The molecule has 2 rings (SSSR count). The van der Waals surface area contributed by atoms with Gasteiger partial charge in [0, 0.05) is 24.5 Å². The molecule has 5 heteroatoms. The number of nitrogens with zero attached hydrogens (tertiary/aromatic N) is 3. The summed E-state index contributed by atoms with van der Waals surface area (Å²) in [5.41, 5.74) is 0. The van der Waals surface area contributed by atoms with Gasteiger partial charge in [0.05, 0.1) is 5.39 Å². The second-order valence-electron chi connectivity index (χ2n) is 5.16. The number of aromatic nitrogens is 2. The lowest BCUT2D eigenvalue weighted by Crippen LogP contribution is -2.25. The average molecular weight is 306 g/mol. The molecule has 0 aliphatic rings. The third-order valence-electron chi connectivity index (χ3n) is 3.48. The van der Waals surface area contributed by atoms with Crippen LogP contribution < -0.4 is 10.2 Å². The molecular weight excluding hydrogens is 280 g/mol. The Morgan fingerprint density at radius 3 is 2.57 bits per heavy atom. The largest absolute Gasteiger partial charge is 0.356 e. The van der Waals surface area contributed by atoms with Crippen LogP contribution in [0.3, 0.4) is 0 Å². The zero-order valence-electron chi connectivity index (χ0n) is 13.6. The van der Waals surface area contributed by atoms with Crippen molar-refractivity contribution < 1.29 is 0 Å². The molecule has 0 aliphatic carbocycles. The first-order valence-corrected chi connectivity index (χ1v) is 8.84. The van der Waals surface area contributed by atoms with Crippen molar-refractivity contribution in [3.05, 3.63) is 10.9 Å². The molecule has 0 fully saturated rings. The lowest BCUT2D eigenvalue weighted by molar-refractivity contribution is 0.781. The van der Waals surface area contributed by atoms with Crippen molar-refractivity contribution in [1.29, 1.82) is 0 Å². The van der Waals surface area contributed by atoms with E-state index in [1.165, 1.54) is 10.3 Å². The number of anilines is 2. The van der Waals surface area contributed by atoms with Crippen molar-refractivity contribution in [3.8, 4) is 0 Å². The molecule has 0 spiro atoms. The maximum absolute atomic E-state index is 4.79. The van der Waals surface area contributed by atoms with Gasteiger partial charge in [0.2, 0.25) is 5.95 Å². The molecule has 21 heavy (non-hydrogen) atoms. The highest BCUT2D eigenvalue weighted by Gasteiger charge is 2.15. The minimum absolute atomic E-state index is 0.762. The van der Waals surface area contributed by atoms with Gasteiger partial charge in [-0.05, 0) is 32.3 Å². The van der Waals surface area contributed by atoms with Crippen LogP contribution in [0.5, 0.6) is 0 Å². The van der Waals surface area contributed by atoms with Crippen molar-refractivity contribution in [3.63, 3.8) is 0 Å². The number of aryl methyl sites for hydroxylation is 1. The highest BCUT2D eigenvalue weighted by molar-refractivity contribution is 7.18. The summed E-state index contributed by atoms with van der Waals surface area (Å²) in [4.78, 5) is 14.3. The van der Waals surface area contributed by atoms with Crippen LogP contribution in [0.15, 0.2) is 6.07 Å². The average Bonchev–Trinajstić information content (AvgIpc) is 2.93. The quantitative estimate of drug-likeness (QED) is 0.789. The Kier molecular flexibility index (Phi) is 5.79. The molecule has 0 atom stereocenters. The first-order chi connectivity index (χ1) is 10.2. The molecule has 2 aromatic heterocycles. The van der Waals surface area contributed by atoms with Gasteiger partial charge >= 0.3 is 0 Å². The minimum atomic E-state index is 0.762. The topological polar surface area (TPSA) is 41.1 Å². The third-order valence-corrected chi connectivity index (χ3v) is 4.65. The van der Waals surface area contributed by atoms with E-state index in [4.69, 9.17) is 4.98 Å². The fourth-order valence-electron chi connectivity index (χ4n) is 2.37. The predicted molar refractivity (Wildman–Crippen MR) is 93.8 cm³/mol. The van der Waals surface area contributed by atoms with E-state index < -0.39 is 0 Å². The maximum Gasteiger partial charge on any atom is 0.226 e. The zero-order chi connectivity index (χ0) is 15.2. The van der Waals surface area contributed by atoms with Gasteiger partial charge in [-0.15, -0.1) is 11.3 Å². The molecule has 0 aliphatic heterocycles. The van der Waals surface area contributed by atoms with Crippen LogP contribution in [-0.4, -0.2) is 29.6 Å². The molecule has 0 aromatic carbocycles. The third kappa shape index (κ3) is 3.64. The predicted octanol–water partition coefficient (Wildman–Crippen LogP) is 4.31. The summed E-state index contributed by atoms with van der Waals surface area (Å²) in [5, 5.41) is 4.54. The number of rotatable bonds is 8. The lowest BCUT2D eigenvalue weighted by atomic mass is 10.3. The lowest BCUT2D eigenvalue weighted by Gasteiger charge is -2.22. The molecule has 0 saturated carbocycles. The Morgan fingerprint density at radius 1 is 1.14 bits per heavy atom. The summed E-state index contributed by atoms with van der Waals surface area (Å²) >= 11 is 1.79. The SMILES string of the molecule is CCCNc1nc(N(CC)CCC)c2cc(CC)sc2n1. The van der Waals surface area contributed by atoms with Gasteiger partial charge in [0.1, 0.15) is 10.6 Å². The standard InChI is InChI=1S/C16H26N4S/c1-5-9-17-16-18-14(20(8-4)10-6-2)13-11-12(7-3)21-15(13)19-16/h11H,5-10H2,1-4H3,(H,17,18,19). The summed E-state index contributed by atoms with van der Waals surface area (Å²) < 4.78 is 0. The summed E-state index contributed by atoms with van der Waals surface area (Å²) in [6, 6.07) is 2.26. The van der Waals surface area contributed by atoms with Crippen LogP contribution in [0.4, 0.5) is 11.8 Å². The van der Waals surface area contributed by atoms with Crippen LogP contribution in [0.1, 0.15) is 45.4 Å². The van der Waals surface area contributed by atoms with Crippen molar-refractivity contribution >= 4 is 33.3 Å². The molecule has 1 N–H and O–H groups in total.